The monoisotopic (exact) mass is 274 g/mol. The Labute approximate surface area is 109 Å². The van der Waals surface area contributed by atoms with Crippen LogP contribution in [0.25, 0.3) is 0 Å². The van der Waals surface area contributed by atoms with E-state index in [4.69, 9.17) is 10.5 Å². The number of esters is 1. The van der Waals surface area contributed by atoms with Crippen LogP contribution in [-0.4, -0.2) is 39.1 Å². The van der Waals surface area contributed by atoms with Crippen molar-refractivity contribution in [3.8, 4) is 0 Å². The second kappa shape index (κ2) is 6.60. The Morgan fingerprint density at radius 1 is 1.61 bits per heavy atom. The molecule has 0 aromatic carbocycles. The number of aromatic nitrogens is 3. The molecule has 0 spiro atoms. The Balaban J connectivity index is 2.64. The molecule has 0 saturated carbocycles. The molecule has 0 aliphatic heterocycles. The number of rotatable bonds is 6. The molecule has 0 aliphatic carbocycles. The lowest BCUT2D eigenvalue weighted by Crippen LogP contribution is -2.34. The van der Waals surface area contributed by atoms with Gasteiger partial charge in [-0.25, -0.2) is 9.89 Å². The molecule has 0 bridgehead atoms. The van der Waals surface area contributed by atoms with Crippen LogP contribution in [0.5, 0.6) is 0 Å². The lowest BCUT2D eigenvalue weighted by molar-refractivity contribution is -0.144. The molecular formula is C10H18N4O3S. The number of carbonyl (C=O) groups is 1. The first-order valence-corrected chi connectivity index (χ1v) is 6.67. The Hall–Kier alpha value is -1.28. The maximum atomic E-state index is 11.5. The van der Waals surface area contributed by atoms with Gasteiger partial charge in [0.15, 0.2) is 5.16 Å². The van der Waals surface area contributed by atoms with Gasteiger partial charge < -0.3 is 10.5 Å². The molecule has 1 heterocycles. The number of H-pyrrole nitrogens is 1. The number of nitrogens with two attached hydrogens (primary N) is 1. The smallest absolute Gasteiger partial charge is 0.344 e. The minimum Gasteiger partial charge on any atom is -0.465 e. The zero-order valence-corrected chi connectivity index (χ0v) is 11.5. The van der Waals surface area contributed by atoms with Gasteiger partial charge in [-0.2, -0.15) is 0 Å². The zero-order valence-electron chi connectivity index (χ0n) is 10.7. The number of ether oxygens (including phenoxy) is 1. The van der Waals surface area contributed by atoms with Crippen LogP contribution in [0.4, 0.5) is 0 Å². The summed E-state index contributed by atoms with van der Waals surface area (Å²) >= 11 is 1.25. The van der Waals surface area contributed by atoms with Crippen LogP contribution in [-0.2, 0) is 9.53 Å². The van der Waals surface area contributed by atoms with Crippen LogP contribution in [0, 0.1) is 0 Å². The predicted octanol–water partition coefficient (Wildman–Crippen LogP) is 0.135. The fraction of sp³-hybridized carbons (Fsp3) is 0.700. The predicted molar refractivity (Wildman–Crippen MR) is 68.6 cm³/mol. The molecule has 0 aliphatic rings. The highest BCUT2D eigenvalue weighted by Gasteiger charge is 2.18. The molecule has 7 nitrogen and oxygen atoms in total. The summed E-state index contributed by atoms with van der Waals surface area (Å²) in [5.74, 6) is -0.130. The molecule has 0 fully saturated rings. The minimum absolute atomic E-state index is 0.00225. The summed E-state index contributed by atoms with van der Waals surface area (Å²) in [5, 5.41) is 6.79. The highest BCUT2D eigenvalue weighted by Crippen LogP contribution is 2.17. The van der Waals surface area contributed by atoms with Crippen molar-refractivity contribution >= 4 is 17.7 Å². The van der Waals surface area contributed by atoms with E-state index in [1.807, 2.05) is 13.8 Å². The Kier molecular flexibility index (Phi) is 5.42. The zero-order chi connectivity index (χ0) is 13.7. The summed E-state index contributed by atoms with van der Waals surface area (Å²) < 4.78 is 6.32. The summed E-state index contributed by atoms with van der Waals surface area (Å²) in [7, 11) is 0. The third-order valence-corrected chi connectivity index (χ3v) is 3.24. The third-order valence-electron chi connectivity index (χ3n) is 2.17. The van der Waals surface area contributed by atoms with Crippen molar-refractivity contribution in [3.05, 3.63) is 10.5 Å². The quantitative estimate of drug-likeness (QED) is 0.565. The maximum absolute atomic E-state index is 11.5. The van der Waals surface area contributed by atoms with Gasteiger partial charge in [-0.3, -0.25) is 9.36 Å². The van der Waals surface area contributed by atoms with E-state index in [0.717, 1.165) is 0 Å². The van der Waals surface area contributed by atoms with E-state index in [-0.39, 0.29) is 11.7 Å². The molecule has 18 heavy (non-hydrogen) atoms. The summed E-state index contributed by atoms with van der Waals surface area (Å²) in [5.41, 5.74) is 5.40. The number of carbonyl (C=O) groups excluding carboxylic acids is 1. The van der Waals surface area contributed by atoms with Gasteiger partial charge in [0.05, 0.1) is 6.61 Å². The first-order chi connectivity index (χ1) is 8.47. The largest absolute Gasteiger partial charge is 0.465 e. The van der Waals surface area contributed by atoms with Crippen molar-refractivity contribution in [2.45, 2.75) is 38.0 Å². The summed E-state index contributed by atoms with van der Waals surface area (Å²) in [6.45, 7) is 5.79. The lowest BCUT2D eigenvalue weighted by Gasteiger charge is -2.11. The van der Waals surface area contributed by atoms with E-state index in [1.54, 1.807) is 6.92 Å². The van der Waals surface area contributed by atoms with E-state index in [1.165, 1.54) is 16.3 Å². The molecule has 102 valence electrons. The van der Waals surface area contributed by atoms with Crippen LogP contribution >= 0.6 is 11.8 Å². The van der Waals surface area contributed by atoms with Gasteiger partial charge in [0, 0.05) is 11.8 Å². The molecule has 0 radical (unpaired) electrons. The minimum atomic E-state index is -0.720. The topological polar surface area (TPSA) is 103 Å². The summed E-state index contributed by atoms with van der Waals surface area (Å²) in [4.78, 5) is 22.8. The van der Waals surface area contributed by atoms with Crippen molar-refractivity contribution in [2.24, 2.45) is 5.73 Å². The van der Waals surface area contributed by atoms with Gasteiger partial charge in [0.1, 0.15) is 6.04 Å². The first kappa shape index (κ1) is 14.8. The maximum Gasteiger partial charge on any atom is 0.344 e. The number of hydrogen-bond acceptors (Lipinski definition) is 6. The van der Waals surface area contributed by atoms with Gasteiger partial charge in [0.2, 0.25) is 0 Å². The average Bonchev–Trinajstić information content (AvgIpc) is 2.67. The number of thioether (sulfide) groups is 1. The van der Waals surface area contributed by atoms with Crippen LogP contribution in [0.1, 0.15) is 26.8 Å². The van der Waals surface area contributed by atoms with Gasteiger partial charge in [-0.15, -0.1) is 5.10 Å². The van der Waals surface area contributed by atoms with Crippen molar-refractivity contribution in [1.82, 2.24) is 14.8 Å². The van der Waals surface area contributed by atoms with Gasteiger partial charge in [0.25, 0.3) is 0 Å². The molecule has 1 rings (SSSR count). The van der Waals surface area contributed by atoms with Gasteiger partial charge in [-0.1, -0.05) is 11.8 Å². The van der Waals surface area contributed by atoms with Crippen molar-refractivity contribution in [2.75, 3.05) is 12.4 Å². The summed E-state index contributed by atoms with van der Waals surface area (Å²) in [6.07, 6.45) is 0. The van der Waals surface area contributed by atoms with E-state index in [9.17, 15) is 9.59 Å². The van der Waals surface area contributed by atoms with E-state index in [0.29, 0.717) is 17.5 Å². The highest BCUT2D eigenvalue weighted by molar-refractivity contribution is 7.99. The summed E-state index contributed by atoms with van der Waals surface area (Å²) in [6, 6.07) is -0.722. The number of nitrogens with zero attached hydrogens (tertiary/aromatic N) is 2. The van der Waals surface area contributed by atoms with Crippen molar-refractivity contribution in [3.63, 3.8) is 0 Å². The lowest BCUT2D eigenvalue weighted by atomic mass is 10.4. The van der Waals surface area contributed by atoms with Crippen LogP contribution in [0.3, 0.4) is 0 Å². The van der Waals surface area contributed by atoms with Crippen LogP contribution in [0.2, 0.25) is 0 Å². The second-order valence-electron chi connectivity index (χ2n) is 3.94. The molecular weight excluding hydrogens is 256 g/mol. The van der Waals surface area contributed by atoms with E-state index >= 15 is 0 Å². The molecule has 1 atom stereocenters. The van der Waals surface area contributed by atoms with E-state index in [2.05, 4.69) is 10.2 Å². The fourth-order valence-corrected chi connectivity index (χ4v) is 2.34. The average molecular weight is 274 g/mol. The number of hydrogen-bond donors (Lipinski definition) is 2. The van der Waals surface area contributed by atoms with Crippen molar-refractivity contribution < 1.29 is 9.53 Å². The van der Waals surface area contributed by atoms with Crippen LogP contribution in [0.15, 0.2) is 9.95 Å². The Morgan fingerprint density at radius 2 is 2.28 bits per heavy atom. The molecule has 3 N–H and O–H groups in total. The molecule has 1 aromatic heterocycles. The van der Waals surface area contributed by atoms with Gasteiger partial charge in [-0.05, 0) is 20.8 Å². The highest BCUT2D eigenvalue weighted by atomic mass is 32.2. The van der Waals surface area contributed by atoms with Gasteiger partial charge >= 0.3 is 11.7 Å². The SMILES string of the molecule is CCOC(=O)C(N)CSc1n[nH]c(=O)n1C(C)C. The van der Waals surface area contributed by atoms with Crippen LogP contribution < -0.4 is 11.4 Å². The molecule has 8 heteroatoms. The second-order valence-corrected chi connectivity index (χ2v) is 4.93. The Morgan fingerprint density at radius 3 is 2.83 bits per heavy atom. The normalized spacial score (nSPS) is 12.7. The Bertz CT molecular complexity index is 454. The standard InChI is InChI=1S/C10H18N4O3S/c1-4-17-8(15)7(11)5-18-10-13-12-9(16)14(10)6(2)3/h6-7H,4-5,11H2,1-3H3,(H,12,16). The third kappa shape index (κ3) is 3.61. The van der Waals surface area contributed by atoms with E-state index < -0.39 is 12.0 Å². The molecule has 1 aromatic rings. The molecule has 0 saturated heterocycles. The molecule has 1 unspecified atom stereocenters. The fourth-order valence-electron chi connectivity index (χ4n) is 1.33. The molecule has 0 amide bonds. The number of aromatic amines is 1. The number of nitrogens with one attached hydrogen (secondary N) is 1. The first-order valence-electron chi connectivity index (χ1n) is 5.69. The van der Waals surface area contributed by atoms with Crippen molar-refractivity contribution in [1.29, 1.82) is 0 Å².